The average molecular weight is 672 g/mol. The Kier molecular flexibility index (Phi) is 15.9. The fourth-order valence-electron chi connectivity index (χ4n) is 5.27. The Morgan fingerprint density at radius 3 is 1.45 bits per heavy atom. The fourth-order valence-corrected chi connectivity index (χ4v) is 5.27. The van der Waals surface area contributed by atoms with Crippen LogP contribution < -0.4 is 5.32 Å². The molecule has 0 aliphatic carbocycles. The predicted octanol–water partition coefficient (Wildman–Crippen LogP) is 4.36. The number of hydrogen-bond acceptors (Lipinski definition) is 9. The van der Waals surface area contributed by atoms with Crippen molar-refractivity contribution < 1.29 is 43.5 Å². The van der Waals surface area contributed by atoms with Crippen LogP contribution in [-0.2, 0) is 59.7 Å². The molecule has 0 fully saturated rings. The molecule has 0 aliphatic heterocycles. The molecule has 0 bridgehead atoms. The molecule has 0 aliphatic rings. The number of aliphatic hydroxyl groups is 2. The minimum absolute atomic E-state index is 0.00974. The van der Waals surface area contributed by atoms with E-state index in [1.54, 1.807) is 0 Å². The second-order valence-electron chi connectivity index (χ2n) is 11.5. The van der Waals surface area contributed by atoms with Crippen LogP contribution in [-0.4, -0.2) is 72.4 Å². The van der Waals surface area contributed by atoms with Crippen molar-refractivity contribution >= 4 is 11.9 Å². The number of aliphatic hydroxyl groups excluding tert-OH is 2. The molecule has 10 nitrogen and oxygen atoms in total. The molecule has 0 heterocycles. The molecule has 3 N–H and O–H groups in total. The molecule has 0 aromatic heterocycles. The van der Waals surface area contributed by atoms with E-state index in [0.717, 1.165) is 22.3 Å². The van der Waals surface area contributed by atoms with Gasteiger partial charge in [-0.25, -0.2) is 4.79 Å². The van der Waals surface area contributed by atoms with Gasteiger partial charge in [-0.3, -0.25) is 4.79 Å². The number of rotatable bonds is 21. The van der Waals surface area contributed by atoms with Gasteiger partial charge >= 0.3 is 5.97 Å². The van der Waals surface area contributed by atoms with Crippen LogP contribution in [0.2, 0.25) is 0 Å². The van der Waals surface area contributed by atoms with Gasteiger partial charge in [0.25, 0.3) is 0 Å². The van der Waals surface area contributed by atoms with Crippen molar-refractivity contribution in [1.82, 2.24) is 5.32 Å². The van der Waals surface area contributed by atoms with Crippen molar-refractivity contribution in [1.29, 1.82) is 0 Å². The van der Waals surface area contributed by atoms with E-state index in [-0.39, 0.29) is 33.0 Å². The molecule has 1 amide bonds. The number of ether oxygens (including phenoxy) is 5. The third-order valence-electron chi connectivity index (χ3n) is 7.68. The van der Waals surface area contributed by atoms with Crippen LogP contribution in [0, 0.1) is 0 Å². The smallest absolute Gasteiger partial charge is 0.332 e. The Balaban J connectivity index is 1.72. The van der Waals surface area contributed by atoms with Crippen molar-refractivity contribution in [3.05, 3.63) is 144 Å². The van der Waals surface area contributed by atoms with Gasteiger partial charge < -0.3 is 39.2 Å². The van der Waals surface area contributed by atoms with E-state index >= 15 is 0 Å². The van der Waals surface area contributed by atoms with Crippen LogP contribution >= 0.6 is 0 Å². The largest absolute Gasteiger partial charge is 0.455 e. The topological polar surface area (TPSA) is 133 Å². The summed E-state index contributed by atoms with van der Waals surface area (Å²) in [7, 11) is 0. The van der Waals surface area contributed by atoms with Crippen LogP contribution in [0.5, 0.6) is 0 Å². The zero-order valence-corrected chi connectivity index (χ0v) is 27.6. The van der Waals surface area contributed by atoms with Gasteiger partial charge in [0.05, 0.1) is 45.7 Å². The minimum Gasteiger partial charge on any atom is -0.455 e. The van der Waals surface area contributed by atoms with Crippen molar-refractivity contribution in [2.24, 2.45) is 0 Å². The monoisotopic (exact) mass is 671 g/mol. The van der Waals surface area contributed by atoms with Crippen LogP contribution in [0.4, 0.5) is 0 Å². The summed E-state index contributed by atoms with van der Waals surface area (Å²) in [5.74, 6) is -1.42. The molecule has 4 aromatic rings. The summed E-state index contributed by atoms with van der Waals surface area (Å²) in [6, 6.07) is 36.8. The first kappa shape index (κ1) is 37.4. The Morgan fingerprint density at radius 1 is 0.592 bits per heavy atom. The number of nitrogens with one attached hydrogen (secondary N) is 1. The zero-order chi connectivity index (χ0) is 34.7. The summed E-state index contributed by atoms with van der Waals surface area (Å²) in [6.07, 6.45) is -4.31. The second kappa shape index (κ2) is 20.8. The lowest BCUT2D eigenvalue weighted by Gasteiger charge is -2.39. The van der Waals surface area contributed by atoms with E-state index in [1.165, 1.54) is 6.92 Å². The summed E-state index contributed by atoms with van der Waals surface area (Å²) in [5.41, 5.74) is 3.50. The summed E-state index contributed by atoms with van der Waals surface area (Å²) in [5, 5.41) is 23.2. The average Bonchev–Trinajstić information content (AvgIpc) is 3.14. The zero-order valence-electron chi connectivity index (χ0n) is 27.6. The van der Waals surface area contributed by atoms with Crippen molar-refractivity contribution in [2.45, 2.75) is 63.8 Å². The first-order valence-corrected chi connectivity index (χ1v) is 16.2. The highest BCUT2D eigenvalue weighted by atomic mass is 16.6. The maximum Gasteiger partial charge on any atom is 0.332 e. The Bertz CT molecular complexity index is 1490. The van der Waals surface area contributed by atoms with E-state index in [0.29, 0.717) is 0 Å². The van der Waals surface area contributed by atoms with Crippen molar-refractivity contribution in [3.8, 4) is 0 Å². The SMILES string of the molecule is CC(=O)N[C@@H]([C@@H](OC(=O)CO)[C@H](OCc1ccccc1)[C@@H](COCc1ccccc1)OCc1ccccc1)[C@H](CO)OCc1ccccc1. The van der Waals surface area contributed by atoms with Gasteiger partial charge in [-0.1, -0.05) is 121 Å². The number of carbonyl (C=O) groups excluding carboxylic acids is 2. The first-order chi connectivity index (χ1) is 24.0. The van der Waals surface area contributed by atoms with Gasteiger partial charge in [-0.05, 0) is 22.3 Å². The van der Waals surface area contributed by atoms with Crippen molar-refractivity contribution in [3.63, 3.8) is 0 Å². The highest BCUT2D eigenvalue weighted by Gasteiger charge is 2.44. The van der Waals surface area contributed by atoms with Gasteiger partial charge in [0, 0.05) is 6.92 Å². The first-order valence-electron chi connectivity index (χ1n) is 16.2. The molecule has 0 saturated carbocycles. The van der Waals surface area contributed by atoms with Crippen molar-refractivity contribution in [2.75, 3.05) is 19.8 Å². The van der Waals surface area contributed by atoms with Gasteiger partial charge in [0.1, 0.15) is 24.9 Å². The predicted molar refractivity (Wildman–Crippen MR) is 183 cm³/mol. The lowest BCUT2D eigenvalue weighted by molar-refractivity contribution is -0.194. The van der Waals surface area contributed by atoms with Gasteiger partial charge in [0.2, 0.25) is 5.91 Å². The van der Waals surface area contributed by atoms with Crippen LogP contribution in [0.3, 0.4) is 0 Å². The summed E-state index contributed by atoms with van der Waals surface area (Å²) in [4.78, 5) is 25.6. The Labute approximate surface area is 287 Å². The molecule has 0 unspecified atom stereocenters. The highest BCUT2D eigenvalue weighted by molar-refractivity contribution is 5.74. The highest BCUT2D eigenvalue weighted by Crippen LogP contribution is 2.24. The summed E-state index contributed by atoms with van der Waals surface area (Å²) < 4.78 is 31.3. The maximum absolute atomic E-state index is 12.9. The van der Waals surface area contributed by atoms with E-state index in [2.05, 4.69) is 5.32 Å². The third kappa shape index (κ3) is 12.8. The van der Waals surface area contributed by atoms with Crippen LogP contribution in [0.15, 0.2) is 121 Å². The number of hydrogen-bond donors (Lipinski definition) is 3. The maximum atomic E-state index is 12.9. The Hall–Kier alpha value is -4.42. The van der Waals surface area contributed by atoms with E-state index in [1.807, 2.05) is 121 Å². The van der Waals surface area contributed by atoms with Gasteiger partial charge in [-0.2, -0.15) is 0 Å². The molecular weight excluding hydrogens is 626 g/mol. The summed E-state index contributed by atoms with van der Waals surface area (Å²) in [6.45, 7) is 0.500. The molecule has 10 heteroatoms. The molecule has 5 atom stereocenters. The molecule has 0 radical (unpaired) electrons. The standard InChI is InChI=1S/C39H45NO9/c1-29(43)40-37(34(22-41)46-25-31-16-8-3-9-17-31)39(49-36(44)23-42)38(48-27-33-20-12-5-13-21-33)35(47-26-32-18-10-4-11-19-32)28-45-24-30-14-6-2-7-15-30/h2-21,34-35,37-39,41-42H,22-28H2,1H3,(H,40,43)/t34-,35+,37+,38+,39+/m0/s1. The van der Waals surface area contributed by atoms with E-state index in [9.17, 15) is 19.8 Å². The second-order valence-corrected chi connectivity index (χ2v) is 11.5. The molecular formula is C39H45NO9. The fraction of sp³-hybridized carbons (Fsp3) is 0.333. The van der Waals surface area contributed by atoms with E-state index in [4.69, 9.17) is 23.7 Å². The van der Waals surface area contributed by atoms with Gasteiger partial charge in [0.15, 0.2) is 6.10 Å². The molecule has 4 aromatic carbocycles. The van der Waals surface area contributed by atoms with Crippen LogP contribution in [0.25, 0.3) is 0 Å². The molecule has 0 saturated heterocycles. The summed E-state index contributed by atoms with van der Waals surface area (Å²) >= 11 is 0. The van der Waals surface area contributed by atoms with E-state index < -0.39 is 55.5 Å². The Morgan fingerprint density at radius 2 is 1.02 bits per heavy atom. The number of benzene rings is 4. The number of amides is 1. The molecule has 4 rings (SSSR count). The normalized spacial score (nSPS) is 14.3. The number of carbonyl (C=O) groups is 2. The lowest BCUT2D eigenvalue weighted by atomic mass is 9.95. The third-order valence-corrected chi connectivity index (χ3v) is 7.68. The quantitative estimate of drug-likeness (QED) is 0.111. The molecule has 260 valence electrons. The minimum atomic E-state index is -1.30. The molecule has 0 spiro atoms. The molecule has 49 heavy (non-hydrogen) atoms. The van der Waals surface area contributed by atoms with Gasteiger partial charge in [-0.15, -0.1) is 0 Å². The van der Waals surface area contributed by atoms with Crippen LogP contribution in [0.1, 0.15) is 29.2 Å². The number of esters is 1. The lowest BCUT2D eigenvalue weighted by Crippen LogP contribution is -2.61.